The molecule has 0 amide bonds. The molecule has 1 atom stereocenters. The van der Waals surface area contributed by atoms with Crippen molar-refractivity contribution in [3.63, 3.8) is 0 Å². The minimum absolute atomic E-state index is 0.0799. The second-order valence-corrected chi connectivity index (χ2v) is 6.60. The highest BCUT2D eigenvalue weighted by Gasteiger charge is 2.31. The maximum atomic E-state index is 12.8. The lowest BCUT2D eigenvalue weighted by Crippen LogP contribution is -2.20. The topological polar surface area (TPSA) is 35.5 Å². The summed E-state index contributed by atoms with van der Waals surface area (Å²) < 4.78 is 24.1. The predicted octanol–water partition coefficient (Wildman–Crippen LogP) is 3.89. The summed E-state index contributed by atoms with van der Waals surface area (Å²) in [6.07, 6.45) is 5.63. The normalized spacial score (nSPS) is 20.5. The molecule has 3 nitrogen and oxygen atoms in total. The van der Waals surface area contributed by atoms with E-state index in [0.717, 1.165) is 25.7 Å². The highest BCUT2D eigenvalue weighted by Crippen LogP contribution is 2.49. The van der Waals surface area contributed by atoms with Gasteiger partial charge in [0.2, 0.25) is 0 Å². The van der Waals surface area contributed by atoms with Crippen LogP contribution >= 0.6 is 7.60 Å². The molecule has 18 heavy (non-hydrogen) atoms. The molecule has 0 aromatic heterocycles. The molecular formula is C14H21O3P. The van der Waals surface area contributed by atoms with Crippen molar-refractivity contribution < 1.29 is 13.6 Å². The van der Waals surface area contributed by atoms with Gasteiger partial charge in [0, 0.05) is 0 Å². The zero-order valence-corrected chi connectivity index (χ0v) is 11.8. The molecule has 1 aromatic carbocycles. The Balaban J connectivity index is 2.13. The van der Waals surface area contributed by atoms with E-state index in [1.165, 1.54) is 6.42 Å². The van der Waals surface area contributed by atoms with Crippen molar-refractivity contribution in [1.29, 1.82) is 0 Å². The molecule has 100 valence electrons. The average molecular weight is 268 g/mol. The molecule has 1 aromatic rings. The number of hydrogen-bond acceptors (Lipinski definition) is 3. The van der Waals surface area contributed by atoms with Crippen LogP contribution in [0.2, 0.25) is 0 Å². The standard InChI is InChI=1S/C14H21O3P/c1-2-16-18(15,14-11-7-4-8-12-14)17-13-9-5-3-6-10-13/h4,7-8,11-13H,2-3,5-6,9-10H2,1H3. The maximum absolute atomic E-state index is 12.8. The van der Waals surface area contributed by atoms with Crippen LogP contribution in [0.1, 0.15) is 39.0 Å². The summed E-state index contributed by atoms with van der Waals surface area (Å²) in [6.45, 7) is 2.25. The Bertz CT molecular complexity index is 399. The van der Waals surface area contributed by atoms with Crippen LogP contribution in [-0.4, -0.2) is 12.7 Å². The second-order valence-electron chi connectivity index (χ2n) is 4.62. The van der Waals surface area contributed by atoms with Gasteiger partial charge in [-0.3, -0.25) is 4.57 Å². The van der Waals surface area contributed by atoms with Crippen molar-refractivity contribution >= 4 is 12.9 Å². The van der Waals surface area contributed by atoms with Gasteiger partial charge in [-0.05, 0) is 31.9 Å². The largest absolute Gasteiger partial charge is 0.361 e. The molecule has 4 heteroatoms. The van der Waals surface area contributed by atoms with Crippen LogP contribution in [0.5, 0.6) is 0 Å². The van der Waals surface area contributed by atoms with E-state index < -0.39 is 7.60 Å². The van der Waals surface area contributed by atoms with E-state index in [2.05, 4.69) is 0 Å². The lowest BCUT2D eigenvalue weighted by atomic mass is 9.98. The Morgan fingerprint density at radius 3 is 2.44 bits per heavy atom. The van der Waals surface area contributed by atoms with Crippen LogP contribution in [0.25, 0.3) is 0 Å². The van der Waals surface area contributed by atoms with Gasteiger partial charge in [-0.1, -0.05) is 37.5 Å². The zero-order chi connectivity index (χ0) is 12.8. The van der Waals surface area contributed by atoms with Crippen molar-refractivity contribution in [3.8, 4) is 0 Å². The first-order valence-corrected chi connectivity index (χ1v) is 8.27. The summed E-state index contributed by atoms with van der Waals surface area (Å²) in [4.78, 5) is 0. The molecular weight excluding hydrogens is 247 g/mol. The van der Waals surface area contributed by atoms with Crippen LogP contribution in [-0.2, 0) is 13.6 Å². The minimum atomic E-state index is -3.14. The highest BCUT2D eigenvalue weighted by molar-refractivity contribution is 7.62. The summed E-state index contributed by atoms with van der Waals surface area (Å²) in [5.74, 6) is 0. The number of hydrogen-bond donors (Lipinski definition) is 0. The van der Waals surface area contributed by atoms with Crippen molar-refractivity contribution in [2.45, 2.75) is 45.1 Å². The van der Waals surface area contributed by atoms with Gasteiger partial charge in [-0.25, -0.2) is 0 Å². The van der Waals surface area contributed by atoms with Crippen LogP contribution in [0.4, 0.5) is 0 Å². The quantitative estimate of drug-likeness (QED) is 0.760. The Morgan fingerprint density at radius 1 is 1.17 bits per heavy atom. The lowest BCUT2D eigenvalue weighted by Gasteiger charge is -2.27. The van der Waals surface area contributed by atoms with Gasteiger partial charge in [-0.2, -0.15) is 0 Å². The van der Waals surface area contributed by atoms with Crippen molar-refractivity contribution in [3.05, 3.63) is 30.3 Å². The third kappa shape index (κ3) is 3.44. The van der Waals surface area contributed by atoms with Gasteiger partial charge in [-0.15, -0.1) is 0 Å². The van der Waals surface area contributed by atoms with Gasteiger partial charge in [0.15, 0.2) is 0 Å². The fraction of sp³-hybridized carbons (Fsp3) is 0.571. The number of rotatable bonds is 5. The SMILES string of the molecule is CCOP(=O)(OC1CCCCC1)c1ccccc1. The van der Waals surface area contributed by atoms with Crippen molar-refractivity contribution in [2.75, 3.05) is 6.61 Å². The molecule has 0 spiro atoms. The van der Waals surface area contributed by atoms with Crippen LogP contribution in [0, 0.1) is 0 Å². The van der Waals surface area contributed by atoms with E-state index in [1.54, 1.807) is 0 Å². The van der Waals surface area contributed by atoms with Gasteiger partial charge >= 0.3 is 7.60 Å². The lowest BCUT2D eigenvalue weighted by molar-refractivity contribution is 0.125. The number of benzene rings is 1. The molecule has 1 saturated carbocycles. The Morgan fingerprint density at radius 2 is 1.83 bits per heavy atom. The third-order valence-corrected chi connectivity index (χ3v) is 5.32. The first-order chi connectivity index (χ1) is 8.74. The first-order valence-electron chi connectivity index (χ1n) is 6.73. The third-order valence-electron chi connectivity index (χ3n) is 3.21. The van der Waals surface area contributed by atoms with E-state index in [4.69, 9.17) is 9.05 Å². The molecule has 0 heterocycles. The minimum Gasteiger partial charge on any atom is -0.305 e. The van der Waals surface area contributed by atoms with Crippen molar-refractivity contribution in [2.24, 2.45) is 0 Å². The molecule has 0 N–H and O–H groups in total. The summed E-state index contributed by atoms with van der Waals surface area (Å²) in [6, 6.07) is 9.27. The monoisotopic (exact) mass is 268 g/mol. The molecule has 0 bridgehead atoms. The molecule has 1 aliphatic rings. The van der Waals surface area contributed by atoms with Gasteiger partial charge in [0.1, 0.15) is 0 Å². The average Bonchev–Trinajstić information content (AvgIpc) is 2.41. The molecule has 1 fully saturated rings. The Kier molecular flexibility index (Phi) is 4.99. The van der Waals surface area contributed by atoms with Crippen LogP contribution < -0.4 is 5.30 Å². The van der Waals surface area contributed by atoms with E-state index >= 15 is 0 Å². The van der Waals surface area contributed by atoms with Gasteiger partial charge in [0.05, 0.1) is 18.0 Å². The van der Waals surface area contributed by atoms with Crippen LogP contribution in [0.3, 0.4) is 0 Å². The molecule has 2 rings (SSSR count). The molecule has 0 aliphatic heterocycles. The summed E-state index contributed by atoms with van der Waals surface area (Å²) in [7, 11) is -3.14. The van der Waals surface area contributed by atoms with E-state index in [0.29, 0.717) is 11.9 Å². The predicted molar refractivity (Wildman–Crippen MR) is 73.3 cm³/mol. The van der Waals surface area contributed by atoms with E-state index in [1.807, 2.05) is 37.3 Å². The van der Waals surface area contributed by atoms with Gasteiger partial charge < -0.3 is 9.05 Å². The van der Waals surface area contributed by atoms with Gasteiger partial charge in [0.25, 0.3) is 0 Å². The van der Waals surface area contributed by atoms with Crippen LogP contribution in [0.15, 0.2) is 30.3 Å². The first kappa shape index (κ1) is 13.8. The van der Waals surface area contributed by atoms with Crippen molar-refractivity contribution in [1.82, 2.24) is 0 Å². The summed E-state index contributed by atoms with van der Waals surface area (Å²) in [5.41, 5.74) is 0. The smallest absolute Gasteiger partial charge is 0.305 e. The zero-order valence-electron chi connectivity index (χ0n) is 10.9. The fourth-order valence-corrected chi connectivity index (χ4v) is 4.13. The Labute approximate surface area is 109 Å². The second kappa shape index (κ2) is 6.51. The molecule has 0 saturated heterocycles. The summed E-state index contributed by atoms with van der Waals surface area (Å²) >= 11 is 0. The van der Waals surface area contributed by atoms with E-state index in [-0.39, 0.29) is 6.10 Å². The maximum Gasteiger partial charge on any atom is 0.361 e. The molecule has 1 unspecified atom stereocenters. The molecule has 1 aliphatic carbocycles. The fourth-order valence-electron chi connectivity index (χ4n) is 2.31. The molecule has 0 radical (unpaired) electrons. The van der Waals surface area contributed by atoms with E-state index in [9.17, 15) is 4.57 Å². The summed E-state index contributed by atoms with van der Waals surface area (Å²) in [5, 5.41) is 0.664. The highest BCUT2D eigenvalue weighted by atomic mass is 31.2. The Hall–Kier alpha value is -0.630.